The third kappa shape index (κ3) is 3.06. The van der Waals surface area contributed by atoms with Gasteiger partial charge < -0.3 is 4.90 Å². The molecular formula is C15H22N2OS. The molecule has 1 saturated heterocycles. The molecule has 1 aliphatic heterocycles. The summed E-state index contributed by atoms with van der Waals surface area (Å²) in [5.74, 6) is 0.0252. The molecule has 0 aliphatic carbocycles. The topological polar surface area (TPSA) is 33.2 Å². The lowest BCUT2D eigenvalue weighted by Gasteiger charge is -2.33. The van der Waals surface area contributed by atoms with Crippen molar-refractivity contribution >= 4 is 17.2 Å². The molecule has 1 atom stereocenters. The monoisotopic (exact) mass is 278 g/mol. The van der Waals surface area contributed by atoms with Crippen molar-refractivity contribution in [3.8, 4) is 0 Å². The molecule has 0 bridgehead atoms. The van der Waals surface area contributed by atoms with E-state index in [9.17, 15) is 4.79 Å². The van der Waals surface area contributed by atoms with Crippen LogP contribution in [0.4, 0.5) is 0 Å². The Hall–Kier alpha value is -1.16. The van der Waals surface area contributed by atoms with E-state index >= 15 is 0 Å². The Morgan fingerprint density at radius 2 is 2.26 bits per heavy atom. The van der Waals surface area contributed by atoms with Crippen LogP contribution in [-0.2, 0) is 10.2 Å². The first kappa shape index (κ1) is 14.3. The normalized spacial score (nSPS) is 20.4. The predicted octanol–water partition coefficient (Wildman–Crippen LogP) is 3.68. The summed E-state index contributed by atoms with van der Waals surface area (Å²) >= 11 is 1.68. The number of rotatable bonds is 2. The SMILES string of the molecule is C=CC(=O)N1CCCCC1c1nc(C(C)(C)C)cs1. The molecule has 104 valence electrons. The first-order chi connectivity index (χ1) is 8.93. The number of nitrogens with zero attached hydrogens (tertiary/aromatic N) is 2. The summed E-state index contributed by atoms with van der Waals surface area (Å²) in [4.78, 5) is 18.6. The van der Waals surface area contributed by atoms with Crippen LogP contribution in [0, 0.1) is 0 Å². The van der Waals surface area contributed by atoms with Crippen LogP contribution in [0.15, 0.2) is 18.0 Å². The maximum absolute atomic E-state index is 11.9. The van der Waals surface area contributed by atoms with Gasteiger partial charge in [0.05, 0.1) is 11.7 Å². The minimum atomic E-state index is 0.0252. The van der Waals surface area contributed by atoms with Crippen LogP contribution in [0.1, 0.15) is 56.8 Å². The number of likely N-dealkylation sites (tertiary alicyclic amines) is 1. The van der Waals surface area contributed by atoms with E-state index in [2.05, 4.69) is 32.7 Å². The molecule has 1 fully saturated rings. The summed E-state index contributed by atoms with van der Waals surface area (Å²) in [6.07, 6.45) is 4.66. The van der Waals surface area contributed by atoms with Gasteiger partial charge in [-0.05, 0) is 25.3 Å². The van der Waals surface area contributed by atoms with Crippen LogP contribution in [0.3, 0.4) is 0 Å². The molecule has 1 aromatic rings. The smallest absolute Gasteiger partial charge is 0.246 e. The van der Waals surface area contributed by atoms with E-state index in [4.69, 9.17) is 4.98 Å². The minimum absolute atomic E-state index is 0.0252. The first-order valence-corrected chi connectivity index (χ1v) is 7.70. The van der Waals surface area contributed by atoms with Crippen molar-refractivity contribution in [3.63, 3.8) is 0 Å². The number of hydrogen-bond donors (Lipinski definition) is 0. The van der Waals surface area contributed by atoms with Crippen LogP contribution in [0.25, 0.3) is 0 Å². The van der Waals surface area contributed by atoms with Gasteiger partial charge in [-0.1, -0.05) is 27.4 Å². The van der Waals surface area contributed by atoms with E-state index in [1.165, 1.54) is 6.08 Å². The zero-order chi connectivity index (χ0) is 14.0. The Morgan fingerprint density at radius 3 is 2.84 bits per heavy atom. The van der Waals surface area contributed by atoms with Crippen LogP contribution in [0.2, 0.25) is 0 Å². The summed E-state index contributed by atoms with van der Waals surface area (Å²) in [5.41, 5.74) is 1.18. The number of hydrogen-bond acceptors (Lipinski definition) is 3. The van der Waals surface area contributed by atoms with E-state index in [0.717, 1.165) is 36.5 Å². The summed E-state index contributed by atoms with van der Waals surface area (Å²) in [5, 5.41) is 3.19. The molecule has 0 spiro atoms. The van der Waals surface area contributed by atoms with Crippen molar-refractivity contribution in [2.24, 2.45) is 0 Å². The fraction of sp³-hybridized carbons (Fsp3) is 0.600. The molecular weight excluding hydrogens is 256 g/mol. The maximum Gasteiger partial charge on any atom is 0.246 e. The Morgan fingerprint density at radius 1 is 1.53 bits per heavy atom. The minimum Gasteiger partial charge on any atom is -0.330 e. The van der Waals surface area contributed by atoms with Gasteiger partial charge in [-0.3, -0.25) is 4.79 Å². The van der Waals surface area contributed by atoms with Gasteiger partial charge in [-0.15, -0.1) is 11.3 Å². The molecule has 4 heteroatoms. The number of carbonyl (C=O) groups excluding carboxylic acids is 1. The number of amides is 1. The highest BCUT2D eigenvalue weighted by molar-refractivity contribution is 7.09. The number of piperidine rings is 1. The molecule has 1 aromatic heterocycles. The van der Waals surface area contributed by atoms with Crippen LogP contribution in [-0.4, -0.2) is 22.3 Å². The average molecular weight is 278 g/mol. The second-order valence-corrected chi connectivity index (χ2v) is 6.96. The lowest BCUT2D eigenvalue weighted by Crippen LogP contribution is -2.37. The van der Waals surface area contributed by atoms with Gasteiger partial charge in [0.25, 0.3) is 0 Å². The maximum atomic E-state index is 11.9. The molecule has 0 N–H and O–H groups in total. The number of aromatic nitrogens is 1. The van der Waals surface area contributed by atoms with Crippen LogP contribution >= 0.6 is 11.3 Å². The predicted molar refractivity (Wildman–Crippen MR) is 79.3 cm³/mol. The Balaban J connectivity index is 2.25. The van der Waals surface area contributed by atoms with Crippen molar-refractivity contribution < 1.29 is 4.79 Å². The van der Waals surface area contributed by atoms with Crippen LogP contribution in [0.5, 0.6) is 0 Å². The Labute approximate surface area is 119 Å². The Kier molecular flexibility index (Phi) is 4.09. The van der Waals surface area contributed by atoms with Crippen molar-refractivity contribution in [1.82, 2.24) is 9.88 Å². The summed E-state index contributed by atoms with van der Waals surface area (Å²) in [6.45, 7) is 10.9. The second-order valence-electron chi connectivity index (χ2n) is 6.07. The van der Waals surface area contributed by atoms with Gasteiger partial charge in [0.2, 0.25) is 5.91 Å². The van der Waals surface area contributed by atoms with Crippen molar-refractivity contribution in [3.05, 3.63) is 28.7 Å². The standard InChI is InChI=1S/C15H22N2OS/c1-5-13(18)17-9-7-6-8-11(17)14-16-12(10-19-14)15(2,3)4/h5,10-11H,1,6-9H2,2-4H3. The Bertz CT molecular complexity index is 473. The van der Waals surface area contributed by atoms with Gasteiger partial charge in [-0.25, -0.2) is 4.98 Å². The highest BCUT2D eigenvalue weighted by Gasteiger charge is 2.29. The lowest BCUT2D eigenvalue weighted by atomic mass is 9.93. The number of carbonyl (C=O) groups is 1. The van der Waals surface area contributed by atoms with Crippen molar-refractivity contribution in [2.75, 3.05) is 6.54 Å². The fourth-order valence-corrected chi connectivity index (χ4v) is 3.55. The van der Waals surface area contributed by atoms with E-state index in [-0.39, 0.29) is 17.4 Å². The van der Waals surface area contributed by atoms with Crippen molar-refractivity contribution in [2.45, 2.75) is 51.5 Å². The van der Waals surface area contributed by atoms with Crippen LogP contribution < -0.4 is 0 Å². The molecule has 0 saturated carbocycles. The second kappa shape index (κ2) is 5.45. The molecule has 1 amide bonds. The van der Waals surface area contributed by atoms with Gasteiger partial charge in [0.15, 0.2) is 0 Å². The zero-order valence-electron chi connectivity index (χ0n) is 12.0. The van der Waals surface area contributed by atoms with Gasteiger partial charge in [0.1, 0.15) is 5.01 Å². The fourth-order valence-electron chi connectivity index (χ4n) is 2.35. The summed E-state index contributed by atoms with van der Waals surface area (Å²) < 4.78 is 0. The molecule has 3 nitrogen and oxygen atoms in total. The van der Waals surface area contributed by atoms with E-state index < -0.39 is 0 Å². The quantitative estimate of drug-likeness (QED) is 0.773. The van der Waals surface area contributed by atoms with Crippen molar-refractivity contribution in [1.29, 1.82) is 0 Å². The lowest BCUT2D eigenvalue weighted by molar-refractivity contribution is -0.129. The highest BCUT2D eigenvalue weighted by Crippen LogP contribution is 2.35. The summed E-state index contributed by atoms with van der Waals surface area (Å²) in [7, 11) is 0. The molecule has 0 radical (unpaired) electrons. The molecule has 2 rings (SSSR count). The van der Waals surface area contributed by atoms with E-state index in [1.54, 1.807) is 11.3 Å². The molecule has 0 aromatic carbocycles. The third-order valence-electron chi connectivity index (χ3n) is 3.54. The first-order valence-electron chi connectivity index (χ1n) is 6.82. The third-order valence-corrected chi connectivity index (χ3v) is 4.48. The van der Waals surface area contributed by atoms with Gasteiger partial charge in [-0.2, -0.15) is 0 Å². The average Bonchev–Trinajstić information content (AvgIpc) is 2.87. The van der Waals surface area contributed by atoms with E-state index in [0.29, 0.717) is 0 Å². The molecule has 19 heavy (non-hydrogen) atoms. The number of thiazole rings is 1. The molecule has 1 unspecified atom stereocenters. The summed E-state index contributed by atoms with van der Waals surface area (Å²) in [6, 6.07) is 0.139. The highest BCUT2D eigenvalue weighted by atomic mass is 32.1. The largest absolute Gasteiger partial charge is 0.330 e. The van der Waals surface area contributed by atoms with Gasteiger partial charge >= 0.3 is 0 Å². The molecule has 1 aliphatic rings. The zero-order valence-corrected chi connectivity index (χ0v) is 12.8. The van der Waals surface area contributed by atoms with Gasteiger partial charge in [0, 0.05) is 17.3 Å². The molecule has 2 heterocycles. The van der Waals surface area contributed by atoms with E-state index in [1.807, 2.05) is 4.90 Å².